The number of hydrogen-bond acceptors (Lipinski definition) is 4. The van der Waals surface area contributed by atoms with Crippen LogP contribution in [0.4, 0.5) is 0 Å². The number of carboxylic acids is 1. The first kappa shape index (κ1) is 18.9. The lowest BCUT2D eigenvalue weighted by molar-refractivity contribution is -0.138. The van der Waals surface area contributed by atoms with E-state index in [4.69, 9.17) is 9.47 Å². The van der Waals surface area contributed by atoms with E-state index >= 15 is 0 Å². The Kier molecular flexibility index (Phi) is 6.44. The molecule has 2 aromatic carbocycles. The van der Waals surface area contributed by atoms with Gasteiger partial charge in [-0.1, -0.05) is 36.4 Å². The van der Waals surface area contributed by atoms with Gasteiger partial charge in [-0.15, -0.1) is 0 Å². The molecule has 1 aliphatic heterocycles. The molecule has 1 fully saturated rings. The predicted molar refractivity (Wildman–Crippen MR) is 100 cm³/mol. The highest BCUT2D eigenvalue weighted by molar-refractivity contribution is 5.95. The Morgan fingerprint density at radius 1 is 1.19 bits per heavy atom. The Labute approximate surface area is 158 Å². The summed E-state index contributed by atoms with van der Waals surface area (Å²) >= 11 is 0. The SMILES string of the molecule is O=C(NCC(C(=O)O)c1ccccc1)c1cccc(OCC2CCCO2)c1. The molecule has 27 heavy (non-hydrogen) atoms. The Balaban J connectivity index is 1.58. The van der Waals surface area contributed by atoms with Gasteiger partial charge in [0.25, 0.3) is 5.91 Å². The van der Waals surface area contributed by atoms with Gasteiger partial charge in [0.15, 0.2) is 0 Å². The smallest absolute Gasteiger partial charge is 0.312 e. The van der Waals surface area contributed by atoms with Crippen LogP contribution in [-0.4, -0.2) is 42.8 Å². The zero-order chi connectivity index (χ0) is 19.1. The number of ether oxygens (including phenoxy) is 2. The second-order valence-corrected chi connectivity index (χ2v) is 6.49. The zero-order valence-corrected chi connectivity index (χ0v) is 15.0. The molecule has 0 bridgehead atoms. The summed E-state index contributed by atoms with van der Waals surface area (Å²) in [6, 6.07) is 15.7. The van der Waals surface area contributed by atoms with Crippen LogP contribution in [-0.2, 0) is 9.53 Å². The van der Waals surface area contributed by atoms with E-state index in [2.05, 4.69) is 5.32 Å². The number of hydrogen-bond donors (Lipinski definition) is 2. The molecule has 0 spiro atoms. The van der Waals surface area contributed by atoms with Crippen LogP contribution in [0.1, 0.15) is 34.7 Å². The van der Waals surface area contributed by atoms with Crippen molar-refractivity contribution in [2.75, 3.05) is 19.8 Å². The van der Waals surface area contributed by atoms with Crippen LogP contribution in [0.2, 0.25) is 0 Å². The number of nitrogens with one attached hydrogen (secondary N) is 1. The summed E-state index contributed by atoms with van der Waals surface area (Å²) in [5, 5.41) is 12.1. The first-order valence-corrected chi connectivity index (χ1v) is 9.04. The third-order valence-electron chi connectivity index (χ3n) is 4.52. The summed E-state index contributed by atoms with van der Waals surface area (Å²) in [5.41, 5.74) is 1.08. The fourth-order valence-electron chi connectivity index (χ4n) is 3.02. The lowest BCUT2D eigenvalue weighted by atomic mass is 9.99. The Morgan fingerprint density at radius 2 is 2.00 bits per heavy atom. The topological polar surface area (TPSA) is 84.9 Å². The van der Waals surface area contributed by atoms with Gasteiger partial charge in [0, 0.05) is 18.7 Å². The number of amides is 1. The zero-order valence-electron chi connectivity index (χ0n) is 15.0. The molecule has 1 heterocycles. The van der Waals surface area contributed by atoms with Crippen molar-refractivity contribution >= 4 is 11.9 Å². The lowest BCUT2D eigenvalue weighted by Crippen LogP contribution is -2.31. The van der Waals surface area contributed by atoms with Gasteiger partial charge in [0.2, 0.25) is 0 Å². The van der Waals surface area contributed by atoms with Crippen LogP contribution in [0.25, 0.3) is 0 Å². The van der Waals surface area contributed by atoms with Gasteiger partial charge in [0.05, 0.1) is 12.0 Å². The minimum absolute atomic E-state index is 0.0131. The minimum atomic E-state index is -0.977. The van der Waals surface area contributed by atoms with Gasteiger partial charge in [0.1, 0.15) is 12.4 Å². The quantitative estimate of drug-likeness (QED) is 0.747. The van der Waals surface area contributed by atoms with Crippen LogP contribution in [0.3, 0.4) is 0 Å². The molecule has 2 atom stereocenters. The molecule has 0 radical (unpaired) electrons. The predicted octanol–water partition coefficient (Wildman–Crippen LogP) is 2.84. The van der Waals surface area contributed by atoms with E-state index in [1.165, 1.54) is 0 Å². The maximum atomic E-state index is 12.4. The number of benzene rings is 2. The molecule has 0 saturated carbocycles. The summed E-state index contributed by atoms with van der Waals surface area (Å²) in [7, 11) is 0. The fourth-order valence-corrected chi connectivity index (χ4v) is 3.02. The fraction of sp³-hybridized carbons (Fsp3) is 0.333. The van der Waals surface area contributed by atoms with Gasteiger partial charge in [-0.2, -0.15) is 0 Å². The Morgan fingerprint density at radius 3 is 2.70 bits per heavy atom. The van der Waals surface area contributed by atoms with Gasteiger partial charge >= 0.3 is 5.97 Å². The molecule has 2 aromatic rings. The molecular formula is C21H23NO5. The largest absolute Gasteiger partial charge is 0.491 e. The molecule has 0 aliphatic carbocycles. The molecule has 2 N–H and O–H groups in total. The molecule has 6 nitrogen and oxygen atoms in total. The first-order valence-electron chi connectivity index (χ1n) is 9.04. The number of aliphatic carboxylic acids is 1. The summed E-state index contributed by atoms with van der Waals surface area (Å²) in [6.07, 6.45) is 2.13. The summed E-state index contributed by atoms with van der Waals surface area (Å²) in [5.74, 6) is -1.51. The molecular weight excluding hydrogens is 346 g/mol. The summed E-state index contributed by atoms with van der Waals surface area (Å²) in [4.78, 5) is 24.0. The van der Waals surface area contributed by atoms with E-state index in [1.807, 2.05) is 6.07 Å². The van der Waals surface area contributed by atoms with Crippen LogP contribution in [0.5, 0.6) is 5.75 Å². The second kappa shape index (κ2) is 9.19. The molecule has 1 saturated heterocycles. The van der Waals surface area contributed by atoms with Gasteiger partial charge in [-0.05, 0) is 36.6 Å². The third-order valence-corrected chi connectivity index (χ3v) is 4.52. The number of rotatable bonds is 8. The van der Waals surface area contributed by atoms with Crippen LogP contribution in [0.15, 0.2) is 54.6 Å². The van der Waals surface area contributed by atoms with Crippen molar-refractivity contribution in [1.82, 2.24) is 5.32 Å². The summed E-state index contributed by atoms with van der Waals surface area (Å²) in [6.45, 7) is 1.24. The van der Waals surface area contributed by atoms with Crippen molar-refractivity contribution in [1.29, 1.82) is 0 Å². The Bertz CT molecular complexity index is 771. The molecule has 0 aromatic heterocycles. The molecule has 3 rings (SSSR count). The van der Waals surface area contributed by atoms with E-state index in [1.54, 1.807) is 48.5 Å². The highest BCUT2D eigenvalue weighted by Gasteiger charge is 2.21. The molecule has 142 valence electrons. The van der Waals surface area contributed by atoms with Crippen molar-refractivity contribution < 1.29 is 24.2 Å². The van der Waals surface area contributed by atoms with Crippen molar-refractivity contribution in [2.24, 2.45) is 0 Å². The average molecular weight is 369 g/mol. The minimum Gasteiger partial charge on any atom is -0.491 e. The summed E-state index contributed by atoms with van der Waals surface area (Å²) < 4.78 is 11.2. The van der Waals surface area contributed by atoms with Gasteiger partial charge in [-0.3, -0.25) is 9.59 Å². The maximum absolute atomic E-state index is 12.4. The van der Waals surface area contributed by atoms with Crippen LogP contribution in [0, 0.1) is 0 Å². The van der Waals surface area contributed by atoms with Crippen molar-refractivity contribution in [3.63, 3.8) is 0 Å². The van der Waals surface area contributed by atoms with Crippen molar-refractivity contribution in [3.8, 4) is 5.75 Å². The second-order valence-electron chi connectivity index (χ2n) is 6.49. The third kappa shape index (κ3) is 5.31. The molecule has 1 amide bonds. The lowest BCUT2D eigenvalue weighted by Gasteiger charge is -2.15. The maximum Gasteiger partial charge on any atom is 0.312 e. The van der Waals surface area contributed by atoms with E-state index in [0.29, 0.717) is 23.5 Å². The standard InChI is InChI=1S/C21H23NO5/c23-20(22-13-19(21(24)25)15-6-2-1-3-7-15)16-8-4-9-17(12-16)27-14-18-10-5-11-26-18/h1-4,6-9,12,18-19H,5,10-11,13-14H2,(H,22,23)(H,24,25). The van der Waals surface area contributed by atoms with Gasteiger partial charge < -0.3 is 19.9 Å². The van der Waals surface area contributed by atoms with Crippen molar-refractivity contribution in [3.05, 3.63) is 65.7 Å². The van der Waals surface area contributed by atoms with E-state index in [-0.39, 0.29) is 18.6 Å². The van der Waals surface area contributed by atoms with E-state index < -0.39 is 11.9 Å². The van der Waals surface area contributed by atoms with E-state index in [0.717, 1.165) is 19.4 Å². The number of carbonyl (C=O) groups excluding carboxylic acids is 1. The van der Waals surface area contributed by atoms with E-state index in [9.17, 15) is 14.7 Å². The molecule has 6 heteroatoms. The molecule has 2 unspecified atom stereocenters. The normalized spacial score (nSPS) is 17.3. The number of carboxylic acid groups (broad SMARTS) is 1. The van der Waals surface area contributed by atoms with Crippen LogP contribution >= 0.6 is 0 Å². The van der Waals surface area contributed by atoms with Crippen LogP contribution < -0.4 is 10.1 Å². The first-order chi connectivity index (χ1) is 13.1. The van der Waals surface area contributed by atoms with Gasteiger partial charge in [-0.25, -0.2) is 0 Å². The average Bonchev–Trinajstić information content (AvgIpc) is 3.21. The highest BCUT2D eigenvalue weighted by Crippen LogP contribution is 2.18. The Hall–Kier alpha value is -2.86. The monoisotopic (exact) mass is 369 g/mol. The number of carbonyl (C=O) groups is 2. The molecule has 1 aliphatic rings. The highest BCUT2D eigenvalue weighted by atomic mass is 16.5. The van der Waals surface area contributed by atoms with Crippen molar-refractivity contribution in [2.45, 2.75) is 24.9 Å².